The van der Waals surface area contributed by atoms with Gasteiger partial charge in [0.2, 0.25) is 5.91 Å². The predicted molar refractivity (Wildman–Crippen MR) is 82.4 cm³/mol. The summed E-state index contributed by atoms with van der Waals surface area (Å²) in [6.45, 7) is 0. The number of anilines is 1. The van der Waals surface area contributed by atoms with Gasteiger partial charge in [-0.3, -0.25) is 14.9 Å². The van der Waals surface area contributed by atoms with Crippen molar-refractivity contribution in [1.82, 2.24) is 5.32 Å². The number of hydrogen-bond donors (Lipinski definition) is 3. The molecule has 0 saturated heterocycles. The highest BCUT2D eigenvalue weighted by molar-refractivity contribution is 9.10. The predicted octanol–water partition coefficient (Wildman–Crippen LogP) is 3.40. The highest BCUT2D eigenvalue weighted by Gasteiger charge is 2.10. The second kappa shape index (κ2) is 8.63. The number of halogens is 2. The number of amides is 3. The van der Waals surface area contributed by atoms with Gasteiger partial charge in [-0.1, -0.05) is 11.6 Å². The topological polar surface area (TPSA) is 95.5 Å². The minimum absolute atomic E-state index is 0.00887. The van der Waals surface area contributed by atoms with Gasteiger partial charge in [-0.05, 0) is 47.0 Å². The van der Waals surface area contributed by atoms with Gasteiger partial charge >= 0.3 is 12.0 Å². The van der Waals surface area contributed by atoms with Crippen LogP contribution in [0.1, 0.15) is 25.7 Å². The van der Waals surface area contributed by atoms with Crippen molar-refractivity contribution >= 4 is 51.1 Å². The average Bonchev–Trinajstić information content (AvgIpc) is 2.38. The number of carbonyl (C=O) groups is 3. The van der Waals surface area contributed by atoms with E-state index in [0.29, 0.717) is 28.0 Å². The SMILES string of the molecule is O=C(O)CCCCC(=O)NC(=O)Nc1cc(Cl)ccc1Br. The molecule has 1 rings (SSSR count). The molecule has 0 heterocycles. The highest BCUT2D eigenvalue weighted by atomic mass is 79.9. The summed E-state index contributed by atoms with van der Waals surface area (Å²) in [5, 5.41) is 13.6. The van der Waals surface area contributed by atoms with E-state index < -0.39 is 17.9 Å². The quantitative estimate of drug-likeness (QED) is 0.662. The van der Waals surface area contributed by atoms with Crippen LogP contribution in [0.25, 0.3) is 0 Å². The van der Waals surface area contributed by atoms with Crippen LogP contribution in [0.4, 0.5) is 10.5 Å². The summed E-state index contributed by atoms with van der Waals surface area (Å²) in [6, 6.07) is 4.21. The van der Waals surface area contributed by atoms with Crippen molar-refractivity contribution in [2.24, 2.45) is 0 Å². The first kappa shape index (κ1) is 17.5. The van der Waals surface area contributed by atoms with E-state index in [0.717, 1.165) is 0 Å². The third-order valence-electron chi connectivity index (χ3n) is 2.47. The second-order valence-electron chi connectivity index (χ2n) is 4.23. The molecule has 0 unspecified atom stereocenters. The minimum Gasteiger partial charge on any atom is -0.481 e. The third kappa shape index (κ3) is 7.10. The maximum absolute atomic E-state index is 11.6. The van der Waals surface area contributed by atoms with Crippen LogP contribution in [-0.2, 0) is 9.59 Å². The number of benzene rings is 1. The monoisotopic (exact) mass is 376 g/mol. The largest absolute Gasteiger partial charge is 0.481 e. The Morgan fingerprint density at radius 1 is 1.19 bits per heavy atom. The summed E-state index contributed by atoms with van der Waals surface area (Å²) in [7, 11) is 0. The molecule has 1 aromatic rings. The minimum atomic E-state index is -0.904. The van der Waals surface area contributed by atoms with Crippen LogP contribution < -0.4 is 10.6 Å². The molecule has 8 heteroatoms. The number of unbranched alkanes of at least 4 members (excludes halogenated alkanes) is 1. The highest BCUT2D eigenvalue weighted by Crippen LogP contribution is 2.25. The first-order valence-corrected chi connectivity index (χ1v) is 7.33. The number of hydrogen-bond acceptors (Lipinski definition) is 3. The number of urea groups is 1. The number of carboxylic acids is 1. The molecule has 0 radical (unpaired) electrons. The summed E-state index contributed by atoms with van der Waals surface area (Å²) in [4.78, 5) is 33.4. The number of carbonyl (C=O) groups excluding carboxylic acids is 2. The Kier molecular flexibility index (Phi) is 7.18. The zero-order valence-electron chi connectivity index (χ0n) is 11.0. The van der Waals surface area contributed by atoms with E-state index in [-0.39, 0.29) is 12.8 Å². The van der Waals surface area contributed by atoms with Crippen molar-refractivity contribution in [2.45, 2.75) is 25.7 Å². The molecule has 0 fully saturated rings. The van der Waals surface area contributed by atoms with E-state index in [1.165, 1.54) is 0 Å². The molecule has 0 aliphatic rings. The first-order chi connectivity index (χ1) is 9.88. The number of carboxylic acid groups (broad SMARTS) is 1. The Morgan fingerprint density at radius 2 is 1.86 bits per heavy atom. The summed E-state index contributed by atoms with van der Waals surface area (Å²) in [5.74, 6) is -1.37. The molecule has 0 bridgehead atoms. The fourth-order valence-corrected chi connectivity index (χ4v) is 2.02. The Hall–Kier alpha value is -1.60. The Balaban J connectivity index is 2.37. The summed E-state index contributed by atoms with van der Waals surface area (Å²) in [5.41, 5.74) is 0.443. The molecule has 0 spiro atoms. The van der Waals surface area contributed by atoms with Crippen LogP contribution in [0.3, 0.4) is 0 Å². The van der Waals surface area contributed by atoms with Crippen LogP contribution in [-0.4, -0.2) is 23.0 Å². The molecule has 114 valence electrons. The Morgan fingerprint density at radius 3 is 2.52 bits per heavy atom. The maximum atomic E-state index is 11.6. The number of aliphatic carboxylic acids is 1. The number of rotatable bonds is 6. The lowest BCUT2D eigenvalue weighted by atomic mass is 10.2. The lowest BCUT2D eigenvalue weighted by molar-refractivity contribution is -0.137. The van der Waals surface area contributed by atoms with E-state index in [1.807, 2.05) is 0 Å². The van der Waals surface area contributed by atoms with Crippen molar-refractivity contribution in [1.29, 1.82) is 0 Å². The summed E-state index contributed by atoms with van der Waals surface area (Å²) in [6.07, 6.45) is 0.906. The summed E-state index contributed by atoms with van der Waals surface area (Å²) >= 11 is 9.06. The van der Waals surface area contributed by atoms with E-state index in [1.54, 1.807) is 18.2 Å². The maximum Gasteiger partial charge on any atom is 0.325 e. The van der Waals surface area contributed by atoms with Crippen LogP contribution >= 0.6 is 27.5 Å². The first-order valence-electron chi connectivity index (χ1n) is 6.16. The van der Waals surface area contributed by atoms with E-state index in [2.05, 4.69) is 26.6 Å². The molecule has 1 aromatic carbocycles. The normalized spacial score (nSPS) is 10.0. The van der Waals surface area contributed by atoms with Gasteiger partial charge in [-0.25, -0.2) is 4.79 Å². The van der Waals surface area contributed by atoms with Crippen molar-refractivity contribution in [2.75, 3.05) is 5.32 Å². The van der Waals surface area contributed by atoms with Crippen LogP contribution in [0.5, 0.6) is 0 Å². The average molecular weight is 378 g/mol. The molecular formula is C13H14BrClN2O4. The molecule has 0 aliphatic heterocycles. The molecule has 21 heavy (non-hydrogen) atoms. The molecular weight excluding hydrogens is 364 g/mol. The fourth-order valence-electron chi connectivity index (χ4n) is 1.50. The van der Waals surface area contributed by atoms with Crippen LogP contribution in [0.15, 0.2) is 22.7 Å². The van der Waals surface area contributed by atoms with Crippen molar-refractivity contribution < 1.29 is 19.5 Å². The third-order valence-corrected chi connectivity index (χ3v) is 3.40. The smallest absolute Gasteiger partial charge is 0.325 e. The Labute approximate surface area is 135 Å². The fraction of sp³-hybridized carbons (Fsp3) is 0.308. The molecule has 0 aliphatic carbocycles. The van der Waals surface area contributed by atoms with E-state index in [9.17, 15) is 14.4 Å². The molecule has 0 atom stereocenters. The second-order valence-corrected chi connectivity index (χ2v) is 5.52. The zero-order valence-corrected chi connectivity index (χ0v) is 13.3. The van der Waals surface area contributed by atoms with Crippen LogP contribution in [0.2, 0.25) is 5.02 Å². The van der Waals surface area contributed by atoms with Gasteiger partial charge in [0.1, 0.15) is 0 Å². The van der Waals surface area contributed by atoms with E-state index in [4.69, 9.17) is 16.7 Å². The van der Waals surface area contributed by atoms with Gasteiger partial charge in [0, 0.05) is 22.3 Å². The lowest BCUT2D eigenvalue weighted by Gasteiger charge is -2.08. The van der Waals surface area contributed by atoms with Gasteiger partial charge in [-0.2, -0.15) is 0 Å². The van der Waals surface area contributed by atoms with Gasteiger partial charge in [-0.15, -0.1) is 0 Å². The van der Waals surface area contributed by atoms with Crippen LogP contribution in [0, 0.1) is 0 Å². The number of nitrogens with one attached hydrogen (secondary N) is 2. The number of imide groups is 1. The van der Waals surface area contributed by atoms with E-state index >= 15 is 0 Å². The lowest BCUT2D eigenvalue weighted by Crippen LogP contribution is -2.34. The molecule has 0 saturated carbocycles. The molecule has 6 nitrogen and oxygen atoms in total. The van der Waals surface area contributed by atoms with Gasteiger partial charge in [0.25, 0.3) is 0 Å². The van der Waals surface area contributed by atoms with Crippen molar-refractivity contribution in [3.8, 4) is 0 Å². The summed E-state index contributed by atoms with van der Waals surface area (Å²) < 4.78 is 0.635. The molecule has 3 N–H and O–H groups in total. The molecule has 3 amide bonds. The van der Waals surface area contributed by atoms with Gasteiger partial charge < -0.3 is 10.4 Å². The Bertz CT molecular complexity index is 551. The standard InChI is InChI=1S/C13H14BrClN2O4/c14-9-6-5-8(15)7-10(9)16-13(21)17-11(18)3-1-2-4-12(19)20/h5-7H,1-4H2,(H,19,20)(H2,16,17,18,21). The van der Waals surface area contributed by atoms with Gasteiger partial charge in [0.15, 0.2) is 0 Å². The van der Waals surface area contributed by atoms with Crippen molar-refractivity contribution in [3.05, 3.63) is 27.7 Å². The molecule has 0 aromatic heterocycles. The zero-order chi connectivity index (χ0) is 15.8. The van der Waals surface area contributed by atoms with Gasteiger partial charge in [0.05, 0.1) is 5.69 Å². The van der Waals surface area contributed by atoms with Crippen molar-refractivity contribution in [3.63, 3.8) is 0 Å².